The third-order valence-electron chi connectivity index (χ3n) is 1.75. The van der Waals surface area contributed by atoms with Crippen molar-refractivity contribution in [1.29, 1.82) is 0 Å². The summed E-state index contributed by atoms with van der Waals surface area (Å²) in [4.78, 5) is 21.1. The molecule has 0 aliphatic heterocycles. The molecule has 0 heterocycles. The SMILES string of the molecule is CC(CC(C)(C)C)=C(OOC(C)(C)C)C(=O)O. The highest BCUT2D eigenvalue weighted by atomic mass is 17.2. The molecule has 0 amide bonds. The van der Waals surface area contributed by atoms with E-state index in [1.165, 1.54) is 0 Å². The standard InChI is InChI=1S/C13H24O4/c1-9(8-12(2,3)4)10(11(14)15)16-17-13(5,6)7/h8H2,1-7H3,(H,14,15). The van der Waals surface area contributed by atoms with E-state index >= 15 is 0 Å². The van der Waals surface area contributed by atoms with Crippen LogP contribution in [-0.2, 0) is 14.6 Å². The van der Waals surface area contributed by atoms with E-state index < -0.39 is 11.6 Å². The van der Waals surface area contributed by atoms with Crippen LogP contribution in [0.1, 0.15) is 54.9 Å². The third kappa shape index (κ3) is 7.80. The summed E-state index contributed by atoms with van der Waals surface area (Å²) in [6.45, 7) is 13.3. The summed E-state index contributed by atoms with van der Waals surface area (Å²) in [5.74, 6) is -1.22. The lowest BCUT2D eigenvalue weighted by Crippen LogP contribution is -2.22. The van der Waals surface area contributed by atoms with E-state index in [2.05, 4.69) is 0 Å². The molecule has 0 rings (SSSR count). The highest BCUT2D eigenvalue weighted by Gasteiger charge is 2.22. The quantitative estimate of drug-likeness (QED) is 0.356. The summed E-state index contributed by atoms with van der Waals surface area (Å²) in [7, 11) is 0. The molecular formula is C13H24O4. The number of hydrogen-bond acceptors (Lipinski definition) is 3. The highest BCUT2D eigenvalue weighted by molar-refractivity contribution is 5.84. The fourth-order valence-corrected chi connectivity index (χ4v) is 1.33. The number of hydrogen-bond donors (Lipinski definition) is 1. The van der Waals surface area contributed by atoms with Gasteiger partial charge in [-0.3, -0.25) is 0 Å². The fourth-order valence-electron chi connectivity index (χ4n) is 1.33. The molecule has 0 aliphatic rings. The van der Waals surface area contributed by atoms with Crippen LogP contribution in [0.3, 0.4) is 0 Å². The average molecular weight is 244 g/mol. The second kappa shape index (κ2) is 5.54. The summed E-state index contributed by atoms with van der Waals surface area (Å²) >= 11 is 0. The zero-order valence-electron chi connectivity index (χ0n) is 11.9. The van der Waals surface area contributed by atoms with Crippen LogP contribution in [0.15, 0.2) is 11.3 Å². The van der Waals surface area contributed by atoms with Gasteiger partial charge in [-0.25, -0.2) is 4.79 Å². The molecule has 0 unspecified atom stereocenters. The molecule has 4 nitrogen and oxygen atoms in total. The Morgan fingerprint density at radius 2 is 1.59 bits per heavy atom. The van der Waals surface area contributed by atoms with E-state index in [9.17, 15) is 4.79 Å². The lowest BCUT2D eigenvalue weighted by molar-refractivity contribution is -0.321. The molecule has 0 aromatic heterocycles. The minimum Gasteiger partial charge on any atom is -0.475 e. The molecule has 0 atom stereocenters. The van der Waals surface area contributed by atoms with Crippen molar-refractivity contribution in [2.45, 2.75) is 60.5 Å². The van der Waals surface area contributed by atoms with Crippen LogP contribution in [0.2, 0.25) is 0 Å². The van der Waals surface area contributed by atoms with E-state index in [1.54, 1.807) is 27.7 Å². The first-order valence-corrected chi connectivity index (χ1v) is 5.71. The van der Waals surface area contributed by atoms with Crippen LogP contribution >= 0.6 is 0 Å². The van der Waals surface area contributed by atoms with Gasteiger partial charge >= 0.3 is 5.97 Å². The van der Waals surface area contributed by atoms with E-state index in [1.807, 2.05) is 20.8 Å². The molecule has 0 radical (unpaired) electrons. The van der Waals surface area contributed by atoms with Gasteiger partial charge in [-0.05, 0) is 45.1 Å². The van der Waals surface area contributed by atoms with Crippen molar-refractivity contribution in [3.8, 4) is 0 Å². The average Bonchev–Trinajstić information content (AvgIpc) is 1.96. The molecule has 4 heteroatoms. The van der Waals surface area contributed by atoms with Crippen LogP contribution in [-0.4, -0.2) is 16.7 Å². The third-order valence-corrected chi connectivity index (χ3v) is 1.75. The summed E-state index contributed by atoms with van der Waals surface area (Å²) in [5, 5.41) is 9.07. The molecule has 1 N–H and O–H groups in total. The number of carboxylic acid groups (broad SMARTS) is 1. The first kappa shape index (κ1) is 16.0. The van der Waals surface area contributed by atoms with Crippen molar-refractivity contribution < 1.29 is 19.7 Å². The maximum atomic E-state index is 11.1. The van der Waals surface area contributed by atoms with Crippen molar-refractivity contribution >= 4 is 5.97 Å². The van der Waals surface area contributed by atoms with Crippen molar-refractivity contribution in [2.24, 2.45) is 5.41 Å². The highest BCUT2D eigenvalue weighted by Crippen LogP contribution is 2.26. The summed E-state index contributed by atoms with van der Waals surface area (Å²) in [6, 6.07) is 0. The molecule has 17 heavy (non-hydrogen) atoms. The van der Waals surface area contributed by atoms with Crippen LogP contribution < -0.4 is 0 Å². The van der Waals surface area contributed by atoms with Crippen molar-refractivity contribution in [3.05, 3.63) is 11.3 Å². The predicted octanol–water partition coefficient (Wildman–Crippen LogP) is 3.53. The van der Waals surface area contributed by atoms with E-state index in [0.29, 0.717) is 12.0 Å². The van der Waals surface area contributed by atoms with Gasteiger partial charge in [0, 0.05) is 0 Å². The summed E-state index contributed by atoms with van der Waals surface area (Å²) in [5.41, 5.74) is 0.146. The maximum absolute atomic E-state index is 11.1. The van der Waals surface area contributed by atoms with Crippen LogP contribution in [0, 0.1) is 5.41 Å². The summed E-state index contributed by atoms with van der Waals surface area (Å²) < 4.78 is 0. The molecular weight excluding hydrogens is 220 g/mol. The Labute approximate surface area is 104 Å². The van der Waals surface area contributed by atoms with E-state index in [0.717, 1.165) is 0 Å². The zero-order valence-corrected chi connectivity index (χ0v) is 11.9. The van der Waals surface area contributed by atoms with Crippen molar-refractivity contribution in [1.82, 2.24) is 0 Å². The number of rotatable bonds is 4. The minimum absolute atomic E-state index is 0.00980. The first-order chi connectivity index (χ1) is 7.42. The second-order valence-corrected chi connectivity index (χ2v) is 6.43. The molecule has 0 aromatic rings. The molecule has 0 aromatic carbocycles. The van der Waals surface area contributed by atoms with Gasteiger partial charge < -0.3 is 9.99 Å². The first-order valence-electron chi connectivity index (χ1n) is 5.71. The topological polar surface area (TPSA) is 55.8 Å². The van der Waals surface area contributed by atoms with Crippen LogP contribution in [0.25, 0.3) is 0 Å². The second-order valence-electron chi connectivity index (χ2n) is 6.43. The fraction of sp³-hybridized carbons (Fsp3) is 0.769. The number of allylic oxidation sites excluding steroid dienone is 1. The molecule has 100 valence electrons. The molecule has 0 saturated heterocycles. The Balaban J connectivity index is 4.84. The maximum Gasteiger partial charge on any atom is 0.375 e. The smallest absolute Gasteiger partial charge is 0.375 e. The lowest BCUT2D eigenvalue weighted by Gasteiger charge is -2.22. The Bertz CT molecular complexity index is 302. The number of carboxylic acids is 1. The van der Waals surface area contributed by atoms with Gasteiger partial charge in [0.1, 0.15) is 5.60 Å². The molecule has 0 spiro atoms. The van der Waals surface area contributed by atoms with Gasteiger partial charge in [0.15, 0.2) is 0 Å². The number of aliphatic carboxylic acids is 1. The van der Waals surface area contributed by atoms with Gasteiger partial charge in [-0.1, -0.05) is 20.8 Å². The number of carbonyl (C=O) groups is 1. The van der Waals surface area contributed by atoms with E-state index in [4.69, 9.17) is 14.9 Å². The monoisotopic (exact) mass is 244 g/mol. The predicted molar refractivity (Wildman–Crippen MR) is 66.3 cm³/mol. The van der Waals surface area contributed by atoms with Crippen LogP contribution in [0.5, 0.6) is 0 Å². The Hall–Kier alpha value is -1.03. The van der Waals surface area contributed by atoms with Crippen molar-refractivity contribution in [2.75, 3.05) is 0 Å². The molecule has 0 fully saturated rings. The van der Waals surface area contributed by atoms with Gasteiger partial charge in [0.05, 0.1) is 0 Å². The Morgan fingerprint density at radius 1 is 1.12 bits per heavy atom. The Morgan fingerprint density at radius 3 is 1.88 bits per heavy atom. The lowest BCUT2D eigenvalue weighted by atomic mass is 9.88. The molecule has 0 saturated carbocycles. The van der Waals surface area contributed by atoms with Gasteiger partial charge in [0.25, 0.3) is 0 Å². The van der Waals surface area contributed by atoms with E-state index in [-0.39, 0.29) is 11.2 Å². The summed E-state index contributed by atoms with van der Waals surface area (Å²) in [6.07, 6.45) is 0.641. The van der Waals surface area contributed by atoms with Gasteiger partial charge in [-0.2, -0.15) is 4.89 Å². The molecule has 0 aliphatic carbocycles. The normalized spacial score (nSPS) is 14.3. The van der Waals surface area contributed by atoms with Gasteiger partial charge in [-0.15, -0.1) is 0 Å². The molecule has 0 bridgehead atoms. The zero-order chi connectivity index (χ0) is 13.9. The minimum atomic E-state index is -1.10. The Kier molecular flexibility index (Phi) is 5.20. The van der Waals surface area contributed by atoms with Gasteiger partial charge in [0.2, 0.25) is 5.76 Å². The van der Waals surface area contributed by atoms with Crippen molar-refractivity contribution in [3.63, 3.8) is 0 Å². The van der Waals surface area contributed by atoms with Crippen LogP contribution in [0.4, 0.5) is 0 Å². The largest absolute Gasteiger partial charge is 0.475 e.